The molecule has 0 spiro atoms. The first-order chi connectivity index (χ1) is 9.17. The molecule has 4 nitrogen and oxygen atoms in total. The van der Waals surface area contributed by atoms with Crippen LogP contribution in [0.5, 0.6) is 0 Å². The number of hydrogen-bond acceptors (Lipinski definition) is 5. The van der Waals surface area contributed by atoms with Crippen LogP contribution in [-0.4, -0.2) is 38.3 Å². The van der Waals surface area contributed by atoms with Crippen LogP contribution in [0.15, 0.2) is 0 Å². The molecule has 1 unspecified atom stereocenters. The molecular formula is C14H25N3OS. The molecule has 19 heavy (non-hydrogen) atoms. The van der Waals surface area contributed by atoms with E-state index in [0.717, 1.165) is 24.8 Å². The van der Waals surface area contributed by atoms with Crippen molar-refractivity contribution < 1.29 is 4.74 Å². The Bertz CT molecular complexity index is 403. The largest absolute Gasteiger partial charge is 0.383 e. The van der Waals surface area contributed by atoms with Gasteiger partial charge in [-0.2, -0.15) is 0 Å². The fourth-order valence-corrected chi connectivity index (χ4v) is 3.26. The van der Waals surface area contributed by atoms with Crippen molar-refractivity contribution in [2.24, 2.45) is 0 Å². The lowest BCUT2D eigenvalue weighted by Gasteiger charge is -2.23. The minimum atomic E-state index is 0.357. The molecule has 1 aromatic rings. The number of methoxy groups -OCH3 is 1. The first-order valence-electron chi connectivity index (χ1n) is 7.09. The normalized spacial score (nSPS) is 16.6. The van der Waals surface area contributed by atoms with Crippen LogP contribution in [0.2, 0.25) is 0 Å². The summed E-state index contributed by atoms with van der Waals surface area (Å²) < 4.78 is 5.23. The summed E-state index contributed by atoms with van der Waals surface area (Å²) in [6, 6.07) is 0.357. The Morgan fingerprint density at radius 1 is 1.53 bits per heavy atom. The maximum Gasteiger partial charge on any atom is 0.185 e. The number of nitrogens with zero attached hydrogens (tertiary/aromatic N) is 2. The topological polar surface area (TPSA) is 37.4 Å². The Kier molecular flexibility index (Phi) is 5.19. The van der Waals surface area contributed by atoms with E-state index in [2.05, 4.69) is 31.1 Å². The van der Waals surface area contributed by atoms with Gasteiger partial charge in [-0.1, -0.05) is 6.92 Å². The number of aromatic nitrogens is 1. The molecule has 1 heterocycles. The smallest absolute Gasteiger partial charge is 0.185 e. The van der Waals surface area contributed by atoms with E-state index in [0.29, 0.717) is 12.0 Å². The van der Waals surface area contributed by atoms with Gasteiger partial charge in [-0.15, -0.1) is 11.3 Å². The minimum Gasteiger partial charge on any atom is -0.383 e. The van der Waals surface area contributed by atoms with Gasteiger partial charge in [-0.25, -0.2) is 4.98 Å². The van der Waals surface area contributed by atoms with Crippen LogP contribution in [-0.2, 0) is 11.3 Å². The highest BCUT2D eigenvalue weighted by atomic mass is 32.1. The molecule has 1 N–H and O–H groups in total. The van der Waals surface area contributed by atoms with Gasteiger partial charge in [0, 0.05) is 31.5 Å². The van der Waals surface area contributed by atoms with Crippen LogP contribution >= 0.6 is 11.3 Å². The Labute approximate surface area is 120 Å². The van der Waals surface area contributed by atoms with Gasteiger partial charge in [0.05, 0.1) is 18.3 Å². The van der Waals surface area contributed by atoms with E-state index >= 15 is 0 Å². The molecule has 108 valence electrons. The molecular weight excluding hydrogens is 258 g/mol. The van der Waals surface area contributed by atoms with Gasteiger partial charge >= 0.3 is 0 Å². The second-order valence-corrected chi connectivity index (χ2v) is 6.34. The first kappa shape index (κ1) is 14.8. The fourth-order valence-electron chi connectivity index (χ4n) is 2.08. The van der Waals surface area contributed by atoms with Crippen LogP contribution < -0.4 is 10.2 Å². The van der Waals surface area contributed by atoms with Crippen molar-refractivity contribution in [1.29, 1.82) is 0 Å². The zero-order chi connectivity index (χ0) is 13.8. The van der Waals surface area contributed by atoms with E-state index in [1.54, 1.807) is 7.11 Å². The van der Waals surface area contributed by atoms with Crippen molar-refractivity contribution in [3.8, 4) is 0 Å². The van der Waals surface area contributed by atoms with Gasteiger partial charge in [0.15, 0.2) is 5.13 Å². The molecule has 1 aliphatic rings. The fraction of sp³-hybridized carbons (Fsp3) is 0.786. The number of hydrogen-bond donors (Lipinski definition) is 1. The number of nitrogens with one attached hydrogen (secondary N) is 1. The van der Waals surface area contributed by atoms with E-state index in [9.17, 15) is 0 Å². The van der Waals surface area contributed by atoms with Crippen molar-refractivity contribution in [2.75, 3.05) is 32.2 Å². The average Bonchev–Trinajstić information content (AvgIpc) is 3.16. The van der Waals surface area contributed by atoms with E-state index in [1.807, 2.05) is 11.3 Å². The van der Waals surface area contributed by atoms with Gasteiger partial charge in [-0.3, -0.25) is 0 Å². The number of thiazole rings is 1. The monoisotopic (exact) mass is 283 g/mol. The summed E-state index contributed by atoms with van der Waals surface area (Å²) in [4.78, 5) is 8.52. The lowest BCUT2D eigenvalue weighted by Crippen LogP contribution is -2.32. The Hall–Kier alpha value is -0.650. The van der Waals surface area contributed by atoms with Crippen LogP contribution in [0, 0.1) is 0 Å². The Morgan fingerprint density at radius 2 is 2.26 bits per heavy atom. The molecule has 0 bridgehead atoms. The molecule has 5 heteroatoms. The SMILES string of the molecule is CCNCc1sc(N(C)C(C)COC)nc1C1CC1. The molecule has 1 aromatic heterocycles. The van der Waals surface area contributed by atoms with Crippen molar-refractivity contribution in [3.05, 3.63) is 10.6 Å². The predicted molar refractivity (Wildman–Crippen MR) is 81.2 cm³/mol. The predicted octanol–water partition coefficient (Wildman–Crippen LogP) is 2.60. The van der Waals surface area contributed by atoms with Gasteiger partial charge in [0.2, 0.25) is 0 Å². The summed E-state index contributed by atoms with van der Waals surface area (Å²) in [6.45, 7) is 7.01. The summed E-state index contributed by atoms with van der Waals surface area (Å²) in [5.74, 6) is 0.713. The average molecular weight is 283 g/mol. The lowest BCUT2D eigenvalue weighted by molar-refractivity contribution is 0.183. The zero-order valence-electron chi connectivity index (χ0n) is 12.4. The highest BCUT2D eigenvalue weighted by molar-refractivity contribution is 7.15. The van der Waals surface area contributed by atoms with E-state index in [-0.39, 0.29) is 0 Å². The lowest BCUT2D eigenvalue weighted by atomic mass is 10.2. The van der Waals surface area contributed by atoms with E-state index < -0.39 is 0 Å². The molecule has 1 fully saturated rings. The van der Waals surface area contributed by atoms with Crippen LogP contribution in [0.3, 0.4) is 0 Å². The quantitative estimate of drug-likeness (QED) is 0.796. The van der Waals surface area contributed by atoms with Crippen LogP contribution in [0.4, 0.5) is 5.13 Å². The highest BCUT2D eigenvalue weighted by Crippen LogP contribution is 2.44. The van der Waals surface area contributed by atoms with Gasteiger partial charge in [0.25, 0.3) is 0 Å². The second kappa shape index (κ2) is 6.68. The second-order valence-electron chi connectivity index (χ2n) is 5.27. The third-order valence-electron chi connectivity index (χ3n) is 3.59. The standard InChI is InChI=1S/C14H25N3OS/c1-5-15-8-12-13(11-6-7-11)16-14(19-12)17(3)10(2)9-18-4/h10-11,15H,5-9H2,1-4H3. The summed E-state index contributed by atoms with van der Waals surface area (Å²) in [5, 5.41) is 4.55. The molecule has 1 saturated carbocycles. The highest BCUT2D eigenvalue weighted by Gasteiger charge is 2.30. The molecule has 0 amide bonds. The molecule has 0 aliphatic heterocycles. The van der Waals surface area contributed by atoms with Crippen LogP contribution in [0.1, 0.15) is 43.2 Å². The number of likely N-dealkylation sites (N-methyl/N-ethyl adjacent to an activating group) is 1. The number of rotatable bonds is 8. The summed E-state index contributed by atoms with van der Waals surface area (Å²) in [6.07, 6.45) is 2.61. The van der Waals surface area contributed by atoms with E-state index in [4.69, 9.17) is 9.72 Å². The molecule has 0 aromatic carbocycles. The molecule has 0 saturated heterocycles. The summed E-state index contributed by atoms with van der Waals surface area (Å²) in [5.41, 5.74) is 1.33. The van der Waals surface area contributed by atoms with Crippen molar-refractivity contribution in [2.45, 2.75) is 45.2 Å². The third kappa shape index (κ3) is 3.68. The Balaban J connectivity index is 2.12. The minimum absolute atomic E-state index is 0.357. The van der Waals surface area contributed by atoms with E-state index in [1.165, 1.54) is 23.4 Å². The van der Waals surface area contributed by atoms with Gasteiger partial charge in [0.1, 0.15) is 0 Å². The Morgan fingerprint density at radius 3 is 2.84 bits per heavy atom. The maximum atomic E-state index is 5.23. The molecule has 1 atom stereocenters. The summed E-state index contributed by atoms with van der Waals surface area (Å²) in [7, 11) is 3.86. The molecule has 1 aliphatic carbocycles. The van der Waals surface area contributed by atoms with Crippen molar-refractivity contribution in [3.63, 3.8) is 0 Å². The molecule has 0 radical (unpaired) electrons. The number of ether oxygens (including phenoxy) is 1. The van der Waals surface area contributed by atoms with Gasteiger partial charge in [-0.05, 0) is 26.3 Å². The third-order valence-corrected chi connectivity index (χ3v) is 4.75. The first-order valence-corrected chi connectivity index (χ1v) is 7.91. The zero-order valence-corrected chi connectivity index (χ0v) is 13.2. The van der Waals surface area contributed by atoms with Crippen molar-refractivity contribution in [1.82, 2.24) is 10.3 Å². The summed E-state index contributed by atoms with van der Waals surface area (Å²) >= 11 is 1.83. The number of anilines is 1. The van der Waals surface area contributed by atoms with Crippen LogP contribution in [0.25, 0.3) is 0 Å². The van der Waals surface area contributed by atoms with Gasteiger partial charge < -0.3 is 15.0 Å². The molecule has 2 rings (SSSR count). The maximum absolute atomic E-state index is 5.23. The van der Waals surface area contributed by atoms with Crippen molar-refractivity contribution >= 4 is 16.5 Å².